The number of ether oxygens (including phenoxy) is 3. The van der Waals surface area contributed by atoms with Crippen molar-refractivity contribution in [3.8, 4) is 23.2 Å². The molecule has 4 heterocycles. The van der Waals surface area contributed by atoms with Gasteiger partial charge in [0.1, 0.15) is 17.6 Å². The minimum absolute atomic E-state index is 0.166. The van der Waals surface area contributed by atoms with Crippen LogP contribution in [0.2, 0.25) is 0 Å². The largest absolute Gasteiger partial charge is 0.378 e. The molecule has 0 saturated carbocycles. The van der Waals surface area contributed by atoms with E-state index in [9.17, 15) is 0 Å². The van der Waals surface area contributed by atoms with Gasteiger partial charge in [-0.3, -0.25) is 0 Å². The minimum atomic E-state index is -0.180. The van der Waals surface area contributed by atoms with Gasteiger partial charge in [0, 0.05) is 60.5 Å². The lowest BCUT2D eigenvalue weighted by atomic mass is 10.1. The molecule has 2 saturated heterocycles. The lowest BCUT2D eigenvalue weighted by Gasteiger charge is -2.28. The fraction of sp³-hybridized carbons (Fsp3) is 0.375. The van der Waals surface area contributed by atoms with Crippen LogP contribution in [0.3, 0.4) is 0 Å². The Morgan fingerprint density at radius 2 is 1.73 bits per heavy atom. The molecule has 0 radical (unpaired) electrons. The first-order valence-corrected chi connectivity index (χ1v) is 14.0. The van der Waals surface area contributed by atoms with Gasteiger partial charge in [0.05, 0.1) is 19.8 Å². The van der Waals surface area contributed by atoms with Crippen LogP contribution < -0.4 is 4.90 Å². The first-order valence-electron chi connectivity index (χ1n) is 14.0. The van der Waals surface area contributed by atoms with E-state index in [2.05, 4.69) is 51.1 Å². The summed E-state index contributed by atoms with van der Waals surface area (Å²) in [5.41, 5.74) is 4.92. The van der Waals surface area contributed by atoms with Crippen LogP contribution in [0.4, 0.5) is 5.69 Å². The molecule has 4 aromatic rings. The van der Waals surface area contributed by atoms with E-state index in [-0.39, 0.29) is 12.4 Å². The third kappa shape index (κ3) is 6.45. The van der Waals surface area contributed by atoms with E-state index in [1.807, 2.05) is 48.0 Å². The van der Waals surface area contributed by atoms with E-state index < -0.39 is 0 Å². The van der Waals surface area contributed by atoms with Crippen LogP contribution in [0.1, 0.15) is 54.9 Å². The summed E-state index contributed by atoms with van der Waals surface area (Å²) in [4.78, 5) is 6.86. The Morgan fingerprint density at radius 3 is 2.45 bits per heavy atom. The van der Waals surface area contributed by atoms with Gasteiger partial charge in [-0.15, -0.1) is 0 Å². The number of imidazole rings is 1. The summed E-state index contributed by atoms with van der Waals surface area (Å²) in [6, 6.07) is 18.4. The van der Waals surface area contributed by atoms with Crippen molar-refractivity contribution in [2.45, 2.75) is 45.1 Å². The van der Waals surface area contributed by atoms with Crippen LogP contribution in [-0.4, -0.2) is 53.9 Å². The van der Waals surface area contributed by atoms with Gasteiger partial charge in [-0.25, -0.2) is 4.98 Å². The fourth-order valence-electron chi connectivity index (χ4n) is 5.06. The second-order valence-electron chi connectivity index (χ2n) is 10.1. The fourth-order valence-corrected chi connectivity index (χ4v) is 5.06. The van der Waals surface area contributed by atoms with Crippen molar-refractivity contribution in [3.05, 3.63) is 89.6 Å². The molecule has 40 heavy (non-hydrogen) atoms. The van der Waals surface area contributed by atoms with E-state index >= 15 is 0 Å². The topological polar surface area (TPSA) is 74.8 Å². The van der Waals surface area contributed by atoms with Crippen molar-refractivity contribution in [2.24, 2.45) is 0 Å². The van der Waals surface area contributed by atoms with Crippen LogP contribution >= 0.6 is 0 Å². The van der Waals surface area contributed by atoms with E-state index in [1.54, 1.807) is 6.20 Å². The normalized spacial score (nSPS) is 18.2. The highest BCUT2D eigenvalue weighted by molar-refractivity contribution is 5.59. The molecular formula is C32H34N4O4. The molecule has 206 valence electrons. The van der Waals surface area contributed by atoms with Gasteiger partial charge in [-0.05, 0) is 74.7 Å². The Morgan fingerprint density at radius 1 is 0.975 bits per heavy atom. The Labute approximate surface area is 234 Å². The number of hydrogen-bond donors (Lipinski definition) is 0. The molecule has 8 nitrogen and oxygen atoms in total. The number of benzene rings is 2. The molecule has 2 aromatic heterocycles. The highest BCUT2D eigenvalue weighted by Gasteiger charge is 2.21. The lowest BCUT2D eigenvalue weighted by molar-refractivity contribution is -0.188. The molecule has 2 aliphatic heterocycles. The Hall–Kier alpha value is -3.90. The highest BCUT2D eigenvalue weighted by atomic mass is 16.7. The maximum atomic E-state index is 6.11. The second kappa shape index (κ2) is 12.5. The van der Waals surface area contributed by atoms with E-state index in [0.717, 1.165) is 86.1 Å². The summed E-state index contributed by atoms with van der Waals surface area (Å²) < 4.78 is 25.0. The van der Waals surface area contributed by atoms with Gasteiger partial charge in [0.2, 0.25) is 0 Å². The molecule has 0 bridgehead atoms. The first kappa shape index (κ1) is 26.3. The Bertz CT molecular complexity index is 1440. The molecular weight excluding hydrogens is 504 g/mol. The lowest BCUT2D eigenvalue weighted by Crippen LogP contribution is -2.36. The van der Waals surface area contributed by atoms with Crippen molar-refractivity contribution in [1.29, 1.82) is 0 Å². The summed E-state index contributed by atoms with van der Waals surface area (Å²) in [6.45, 7) is 6.73. The van der Waals surface area contributed by atoms with E-state index in [1.165, 1.54) is 5.69 Å². The molecule has 8 heteroatoms. The summed E-state index contributed by atoms with van der Waals surface area (Å²) in [5.74, 6) is 8.08. The zero-order valence-corrected chi connectivity index (χ0v) is 22.8. The van der Waals surface area contributed by atoms with Crippen LogP contribution in [0.25, 0.3) is 11.3 Å². The van der Waals surface area contributed by atoms with E-state index in [0.29, 0.717) is 6.54 Å². The molecule has 0 spiro atoms. The van der Waals surface area contributed by atoms with Crippen LogP contribution in [0.15, 0.2) is 71.5 Å². The average molecular weight is 539 g/mol. The second-order valence-corrected chi connectivity index (χ2v) is 10.1. The summed E-state index contributed by atoms with van der Waals surface area (Å²) in [6.07, 6.45) is 6.53. The van der Waals surface area contributed by atoms with Crippen molar-refractivity contribution in [3.63, 3.8) is 0 Å². The molecule has 6 rings (SSSR count). The SMILES string of the molecule is CC(OC1CCCCO1)c1nccn1Cc1cc(-c2ccc(C#Cc3ccc(N4CCOCC4)cc3)cc2)on1. The van der Waals surface area contributed by atoms with Gasteiger partial charge in [0.15, 0.2) is 12.1 Å². The van der Waals surface area contributed by atoms with E-state index in [4.69, 9.17) is 18.7 Å². The average Bonchev–Trinajstić information content (AvgIpc) is 3.68. The molecule has 2 aromatic carbocycles. The number of nitrogens with zero attached hydrogens (tertiary/aromatic N) is 4. The molecule has 0 N–H and O–H groups in total. The molecule has 0 aliphatic carbocycles. The predicted octanol–water partition coefficient (Wildman–Crippen LogP) is 5.43. The number of morpholine rings is 1. The molecule has 2 unspecified atom stereocenters. The van der Waals surface area contributed by atoms with Crippen LogP contribution in [-0.2, 0) is 20.8 Å². The molecule has 0 amide bonds. The molecule has 2 fully saturated rings. The van der Waals surface area contributed by atoms with Gasteiger partial charge < -0.3 is 28.2 Å². The summed E-state index contributed by atoms with van der Waals surface area (Å²) >= 11 is 0. The zero-order chi connectivity index (χ0) is 27.1. The van der Waals surface area contributed by atoms with Crippen LogP contribution in [0, 0.1) is 11.8 Å². The molecule has 2 aliphatic rings. The third-order valence-corrected chi connectivity index (χ3v) is 7.26. The van der Waals surface area contributed by atoms with Gasteiger partial charge >= 0.3 is 0 Å². The van der Waals surface area contributed by atoms with Crippen molar-refractivity contribution in [1.82, 2.24) is 14.7 Å². The Balaban J connectivity index is 1.06. The smallest absolute Gasteiger partial charge is 0.167 e. The minimum Gasteiger partial charge on any atom is -0.378 e. The summed E-state index contributed by atoms with van der Waals surface area (Å²) in [7, 11) is 0. The monoisotopic (exact) mass is 538 g/mol. The van der Waals surface area contributed by atoms with Crippen molar-refractivity contribution in [2.75, 3.05) is 37.8 Å². The number of hydrogen-bond acceptors (Lipinski definition) is 7. The van der Waals surface area contributed by atoms with Crippen LogP contribution in [0.5, 0.6) is 0 Å². The van der Waals surface area contributed by atoms with Gasteiger partial charge in [-0.1, -0.05) is 17.0 Å². The van der Waals surface area contributed by atoms with Crippen molar-refractivity contribution < 1.29 is 18.7 Å². The Kier molecular flexibility index (Phi) is 8.24. The zero-order valence-electron chi connectivity index (χ0n) is 22.8. The maximum Gasteiger partial charge on any atom is 0.167 e. The summed E-state index contributed by atoms with van der Waals surface area (Å²) in [5, 5.41) is 4.30. The number of aromatic nitrogens is 3. The quantitative estimate of drug-likeness (QED) is 0.291. The van der Waals surface area contributed by atoms with Crippen molar-refractivity contribution >= 4 is 5.69 Å². The van der Waals surface area contributed by atoms with Gasteiger partial charge in [-0.2, -0.15) is 0 Å². The highest BCUT2D eigenvalue weighted by Crippen LogP contribution is 2.25. The van der Waals surface area contributed by atoms with Gasteiger partial charge in [0.25, 0.3) is 0 Å². The third-order valence-electron chi connectivity index (χ3n) is 7.26. The number of anilines is 1. The standard InChI is InChI=1S/C32H34N4O4/c1-24(39-31-4-2-3-19-38-31)32-33-15-16-36(32)23-28-22-30(40-34-28)27-11-7-25(8-12-27)5-6-26-9-13-29(14-10-26)35-17-20-37-21-18-35/h7-16,22,24,31H,2-4,17-21,23H2,1H3. The molecule has 2 atom stereocenters. The first-order chi connectivity index (χ1) is 19.7. The predicted molar refractivity (Wildman–Crippen MR) is 152 cm³/mol. The maximum absolute atomic E-state index is 6.11. The number of rotatable bonds is 7.